The fourth-order valence-corrected chi connectivity index (χ4v) is 5.94. The monoisotopic (exact) mass is 528 g/mol. The maximum atomic E-state index is 6.18. The summed E-state index contributed by atoms with van der Waals surface area (Å²) in [7, 11) is 0. The van der Waals surface area contributed by atoms with E-state index in [4.69, 9.17) is 19.4 Å². The Morgan fingerprint density at radius 3 is 2.56 bits per heavy atom. The summed E-state index contributed by atoms with van der Waals surface area (Å²) in [6.45, 7) is 7.14. The van der Waals surface area contributed by atoms with Gasteiger partial charge in [0.1, 0.15) is 17.5 Å². The van der Waals surface area contributed by atoms with Crippen LogP contribution in [0.4, 0.5) is 34.6 Å². The van der Waals surface area contributed by atoms with Gasteiger partial charge in [-0.05, 0) is 48.7 Å². The molecule has 2 aromatic carbocycles. The van der Waals surface area contributed by atoms with Crippen LogP contribution in [-0.4, -0.2) is 79.6 Å². The first-order valence-electron chi connectivity index (χ1n) is 14.1. The van der Waals surface area contributed by atoms with Crippen molar-refractivity contribution in [2.45, 2.75) is 31.4 Å². The minimum absolute atomic E-state index is 0.254. The molecule has 0 amide bonds. The number of hydrogen-bond acceptors (Lipinski definition) is 10. The first kappa shape index (κ1) is 24.3. The third-order valence-corrected chi connectivity index (χ3v) is 8.03. The predicted octanol–water partition coefficient (Wildman–Crippen LogP) is 3.73. The molecule has 0 spiro atoms. The summed E-state index contributed by atoms with van der Waals surface area (Å²) < 4.78 is 11.7. The lowest BCUT2D eigenvalue weighted by Crippen LogP contribution is -2.43. The van der Waals surface area contributed by atoms with E-state index in [0.29, 0.717) is 18.7 Å². The molecule has 0 aliphatic carbocycles. The smallest absolute Gasteiger partial charge is 0.231 e. The summed E-state index contributed by atoms with van der Waals surface area (Å²) in [6, 6.07) is 17.2. The highest BCUT2D eigenvalue weighted by atomic mass is 16.5. The van der Waals surface area contributed by atoms with Gasteiger partial charge in [-0.1, -0.05) is 18.2 Å². The SMILES string of the molecule is c1ccc2c(c1)CC(CN1CCC(Nc3nc(Nc4ccc(N5CCOCC5)cc4)nc4c3NCN4)CC1)O2. The number of benzene rings is 2. The quantitative estimate of drug-likeness (QED) is 0.363. The number of aromatic nitrogens is 2. The second-order valence-corrected chi connectivity index (χ2v) is 10.7. The number of piperidine rings is 1. The highest BCUT2D eigenvalue weighted by Crippen LogP contribution is 2.34. The molecule has 1 aromatic heterocycles. The molecule has 0 saturated carbocycles. The minimum atomic E-state index is 0.254. The van der Waals surface area contributed by atoms with Crippen molar-refractivity contribution in [3.8, 4) is 5.75 Å². The zero-order chi connectivity index (χ0) is 26.0. The summed E-state index contributed by atoms with van der Waals surface area (Å²) in [5.74, 6) is 3.32. The summed E-state index contributed by atoms with van der Waals surface area (Å²) in [5.41, 5.74) is 4.45. The van der Waals surface area contributed by atoms with Crippen molar-refractivity contribution in [2.75, 3.05) is 78.8 Å². The first-order chi connectivity index (χ1) is 19.3. The second kappa shape index (κ2) is 10.8. The highest BCUT2D eigenvalue weighted by molar-refractivity contribution is 5.82. The van der Waals surface area contributed by atoms with E-state index in [1.807, 2.05) is 0 Å². The van der Waals surface area contributed by atoms with Crippen LogP contribution in [0.2, 0.25) is 0 Å². The van der Waals surface area contributed by atoms with Crippen molar-refractivity contribution < 1.29 is 9.47 Å². The number of ether oxygens (including phenoxy) is 2. The van der Waals surface area contributed by atoms with Gasteiger partial charge in [-0.2, -0.15) is 9.97 Å². The van der Waals surface area contributed by atoms with Gasteiger partial charge in [0, 0.05) is 56.6 Å². The maximum absolute atomic E-state index is 6.18. The van der Waals surface area contributed by atoms with Gasteiger partial charge < -0.3 is 35.6 Å². The lowest BCUT2D eigenvalue weighted by Gasteiger charge is -2.34. The van der Waals surface area contributed by atoms with Gasteiger partial charge in [0.2, 0.25) is 5.95 Å². The molecular formula is C29H36N8O2. The average Bonchev–Trinajstić information content (AvgIpc) is 3.62. The topological polar surface area (TPSA) is 98.8 Å². The van der Waals surface area contributed by atoms with Gasteiger partial charge in [-0.15, -0.1) is 0 Å². The Kier molecular flexibility index (Phi) is 6.71. The molecule has 4 N–H and O–H groups in total. The largest absolute Gasteiger partial charge is 0.488 e. The Balaban J connectivity index is 0.965. The van der Waals surface area contributed by atoms with Crippen molar-refractivity contribution in [3.05, 3.63) is 54.1 Å². The molecule has 7 rings (SSSR count). The zero-order valence-electron chi connectivity index (χ0n) is 22.2. The van der Waals surface area contributed by atoms with E-state index in [1.54, 1.807) is 0 Å². The number of para-hydroxylation sites is 1. The van der Waals surface area contributed by atoms with E-state index in [0.717, 1.165) is 94.0 Å². The molecule has 39 heavy (non-hydrogen) atoms. The summed E-state index contributed by atoms with van der Waals surface area (Å²) >= 11 is 0. The molecule has 5 heterocycles. The fraction of sp³-hybridized carbons (Fsp3) is 0.448. The van der Waals surface area contributed by atoms with E-state index >= 15 is 0 Å². The van der Waals surface area contributed by atoms with Gasteiger partial charge in [0.05, 0.1) is 19.9 Å². The van der Waals surface area contributed by atoms with Crippen LogP contribution in [0.25, 0.3) is 0 Å². The Morgan fingerprint density at radius 2 is 1.74 bits per heavy atom. The van der Waals surface area contributed by atoms with E-state index in [2.05, 4.69) is 79.6 Å². The Morgan fingerprint density at radius 1 is 0.923 bits per heavy atom. The Labute approximate surface area is 229 Å². The Hall–Kier alpha value is -3.76. The van der Waals surface area contributed by atoms with Gasteiger partial charge >= 0.3 is 0 Å². The van der Waals surface area contributed by atoms with Crippen LogP contribution in [0.3, 0.4) is 0 Å². The van der Waals surface area contributed by atoms with Gasteiger partial charge in [-0.25, -0.2) is 0 Å². The van der Waals surface area contributed by atoms with Crippen LogP contribution < -0.4 is 30.9 Å². The molecule has 2 fully saturated rings. The first-order valence-corrected chi connectivity index (χ1v) is 14.1. The number of nitrogens with zero attached hydrogens (tertiary/aromatic N) is 4. The maximum Gasteiger partial charge on any atom is 0.231 e. The summed E-state index contributed by atoms with van der Waals surface area (Å²) in [6.07, 6.45) is 3.39. The molecule has 10 nitrogen and oxygen atoms in total. The molecule has 4 aliphatic rings. The van der Waals surface area contributed by atoms with E-state index < -0.39 is 0 Å². The second-order valence-electron chi connectivity index (χ2n) is 10.7. The molecule has 3 aromatic rings. The fourth-order valence-electron chi connectivity index (χ4n) is 5.94. The van der Waals surface area contributed by atoms with Gasteiger partial charge in [0.15, 0.2) is 11.6 Å². The summed E-state index contributed by atoms with van der Waals surface area (Å²) in [4.78, 5) is 14.5. The summed E-state index contributed by atoms with van der Waals surface area (Å²) in [5, 5.41) is 13.8. The lowest BCUT2D eigenvalue weighted by atomic mass is 10.0. The molecule has 0 bridgehead atoms. The van der Waals surface area contributed by atoms with Crippen molar-refractivity contribution in [3.63, 3.8) is 0 Å². The highest BCUT2D eigenvalue weighted by Gasteiger charge is 2.28. The van der Waals surface area contributed by atoms with Crippen LogP contribution >= 0.6 is 0 Å². The number of rotatable bonds is 7. The van der Waals surface area contributed by atoms with Crippen LogP contribution in [0, 0.1) is 0 Å². The lowest BCUT2D eigenvalue weighted by molar-refractivity contribution is 0.122. The van der Waals surface area contributed by atoms with Crippen LogP contribution in [-0.2, 0) is 11.2 Å². The number of fused-ring (bicyclic) bond motifs is 2. The average molecular weight is 529 g/mol. The molecule has 1 unspecified atom stereocenters. The third kappa shape index (κ3) is 5.39. The molecule has 4 aliphatic heterocycles. The molecular weight excluding hydrogens is 492 g/mol. The van der Waals surface area contributed by atoms with E-state index in [-0.39, 0.29) is 6.10 Å². The number of morpholine rings is 1. The van der Waals surface area contributed by atoms with E-state index in [9.17, 15) is 0 Å². The number of nitrogens with one attached hydrogen (secondary N) is 4. The molecule has 2 saturated heterocycles. The number of likely N-dealkylation sites (tertiary alicyclic amines) is 1. The van der Waals surface area contributed by atoms with Gasteiger partial charge in [0.25, 0.3) is 0 Å². The number of hydrogen-bond donors (Lipinski definition) is 4. The third-order valence-electron chi connectivity index (χ3n) is 8.03. The van der Waals surface area contributed by atoms with E-state index in [1.165, 1.54) is 11.3 Å². The van der Waals surface area contributed by atoms with Crippen LogP contribution in [0.15, 0.2) is 48.5 Å². The van der Waals surface area contributed by atoms with Gasteiger partial charge in [-0.3, -0.25) is 4.90 Å². The Bertz CT molecular complexity index is 1260. The van der Waals surface area contributed by atoms with Crippen LogP contribution in [0.5, 0.6) is 5.75 Å². The minimum Gasteiger partial charge on any atom is -0.488 e. The van der Waals surface area contributed by atoms with Crippen molar-refractivity contribution in [1.82, 2.24) is 14.9 Å². The van der Waals surface area contributed by atoms with Crippen molar-refractivity contribution in [2.24, 2.45) is 0 Å². The number of anilines is 6. The molecule has 1 atom stereocenters. The van der Waals surface area contributed by atoms with Crippen molar-refractivity contribution in [1.29, 1.82) is 0 Å². The standard InChI is InChI=1S/C29H36N8O2/c1-2-4-25-20(3-1)17-24(39-25)18-36-11-9-22(10-12-36)32-28-26-27(31-19-30-26)34-29(35-28)33-21-5-7-23(8-6-21)37-13-15-38-16-14-37/h1-8,22,24,30H,9-19H2,(H3,31,32,33,34,35). The molecule has 204 valence electrons. The van der Waals surface area contributed by atoms with Crippen molar-refractivity contribution >= 4 is 34.6 Å². The normalized spacial score (nSPS) is 20.9. The zero-order valence-corrected chi connectivity index (χ0v) is 22.2. The molecule has 10 heteroatoms. The molecule has 0 radical (unpaired) electrons. The predicted molar refractivity (Wildman–Crippen MR) is 155 cm³/mol. The van der Waals surface area contributed by atoms with Crippen LogP contribution in [0.1, 0.15) is 18.4 Å².